The Morgan fingerprint density at radius 3 is 2.67 bits per heavy atom. The summed E-state index contributed by atoms with van der Waals surface area (Å²) in [6.07, 6.45) is 3.79. The third kappa shape index (κ3) is 3.96. The third-order valence-electron chi connectivity index (χ3n) is 6.15. The lowest BCUT2D eigenvalue weighted by molar-refractivity contribution is -0.117. The maximum atomic E-state index is 14.3. The van der Waals surface area contributed by atoms with Crippen molar-refractivity contribution in [1.82, 2.24) is 15.3 Å². The molecule has 4 rings (SSSR count). The summed E-state index contributed by atoms with van der Waals surface area (Å²) < 4.78 is 16.0. The van der Waals surface area contributed by atoms with E-state index in [4.69, 9.17) is 23.2 Å². The molecule has 0 radical (unpaired) electrons. The lowest BCUT2D eigenvalue weighted by atomic mass is 10.0. The van der Waals surface area contributed by atoms with Gasteiger partial charge in [-0.05, 0) is 50.3 Å². The Labute approximate surface area is 194 Å². The smallest absolute Gasteiger partial charge is 0.293 e. The molecule has 0 atom stereocenters. The van der Waals surface area contributed by atoms with Crippen LogP contribution >= 0.6 is 11.6 Å². The van der Waals surface area contributed by atoms with Crippen LogP contribution in [0, 0.1) is 12.7 Å². The molecule has 9 nitrogen and oxygen atoms in total. The molecule has 1 aliphatic heterocycles. The zero-order chi connectivity index (χ0) is 23.9. The van der Waals surface area contributed by atoms with E-state index < -0.39 is 29.0 Å². The Hall–Kier alpha value is -3.37. The van der Waals surface area contributed by atoms with Crippen LogP contribution in [-0.4, -0.2) is 27.7 Å². The minimum atomic E-state index is -0.808. The number of ketones is 1. The number of aromatic nitrogens is 1. The minimum Gasteiger partial charge on any atom is -0.399 e. The van der Waals surface area contributed by atoms with Gasteiger partial charge in [0.25, 0.3) is 17.6 Å². The molecule has 174 valence electrons. The molecule has 1 saturated carbocycles. The van der Waals surface area contributed by atoms with Gasteiger partial charge in [0, 0.05) is 18.4 Å². The van der Waals surface area contributed by atoms with Crippen molar-refractivity contribution in [2.24, 2.45) is 11.6 Å². The van der Waals surface area contributed by atoms with Gasteiger partial charge in [-0.15, -0.1) is 0 Å². The first-order chi connectivity index (χ1) is 15.7. The molecule has 2 amide bonds. The van der Waals surface area contributed by atoms with Crippen LogP contribution in [0.2, 0.25) is 5.02 Å². The monoisotopic (exact) mass is 474 g/mol. The number of carbonyl (C=O) groups excluding carboxylic acids is 3. The van der Waals surface area contributed by atoms with E-state index in [1.54, 1.807) is 11.5 Å². The fraction of sp³-hybridized carbons (Fsp3) is 0.318. The molecular weight excluding hydrogens is 451 g/mol. The number of halogens is 2. The summed E-state index contributed by atoms with van der Waals surface area (Å²) in [5, 5.41) is 5.11. The maximum absolute atomic E-state index is 14.3. The van der Waals surface area contributed by atoms with Crippen molar-refractivity contribution in [2.75, 3.05) is 5.32 Å². The average molecular weight is 475 g/mol. The van der Waals surface area contributed by atoms with Gasteiger partial charge in [-0.2, -0.15) is 0 Å². The van der Waals surface area contributed by atoms with Gasteiger partial charge in [0.1, 0.15) is 5.69 Å². The lowest BCUT2D eigenvalue weighted by Gasteiger charge is -2.17. The third-order valence-corrected chi connectivity index (χ3v) is 6.44. The van der Waals surface area contributed by atoms with Crippen LogP contribution < -0.4 is 27.6 Å². The van der Waals surface area contributed by atoms with E-state index in [0.29, 0.717) is 49.2 Å². The summed E-state index contributed by atoms with van der Waals surface area (Å²) in [7, 11) is 0. The Kier molecular flexibility index (Phi) is 5.89. The number of anilines is 1. The van der Waals surface area contributed by atoms with Gasteiger partial charge in [0.05, 0.1) is 27.5 Å². The van der Waals surface area contributed by atoms with Crippen molar-refractivity contribution in [2.45, 2.75) is 44.7 Å². The number of nitrogens with two attached hydrogens (primary N) is 2. The summed E-state index contributed by atoms with van der Waals surface area (Å²) in [5.74, 6) is 2.37. The number of nitrogens with zero attached hydrogens (tertiary/aromatic N) is 1. The molecular formula is C22H24ClFN6O3. The number of nitrogens with one attached hydrogen (secondary N) is 3. The highest BCUT2D eigenvalue weighted by molar-refractivity contribution is 6.44. The van der Waals surface area contributed by atoms with Crippen molar-refractivity contribution in [3.8, 4) is 0 Å². The van der Waals surface area contributed by atoms with E-state index in [1.165, 1.54) is 24.4 Å². The predicted octanol–water partition coefficient (Wildman–Crippen LogP) is 1.88. The van der Waals surface area contributed by atoms with Gasteiger partial charge in [-0.1, -0.05) is 17.7 Å². The fourth-order valence-electron chi connectivity index (χ4n) is 4.32. The predicted molar refractivity (Wildman–Crippen MR) is 121 cm³/mol. The molecule has 0 spiro atoms. The van der Waals surface area contributed by atoms with Crippen LogP contribution in [0.5, 0.6) is 0 Å². The number of hydrogen-bond acceptors (Lipinski definition) is 6. The van der Waals surface area contributed by atoms with Gasteiger partial charge in [0.2, 0.25) is 0 Å². The van der Waals surface area contributed by atoms with E-state index in [0.717, 1.165) is 0 Å². The molecule has 1 aromatic carbocycles. The Morgan fingerprint density at radius 1 is 1.27 bits per heavy atom. The highest BCUT2D eigenvalue weighted by Gasteiger charge is 2.48. The standard InChI is InChI=1S/C22H24ClFN6O3/c1-11-16(19(31)21(33)29-22(7-8-22)15(25)10-27-26)14-6-3-9-30(14)18(11)20(32)28-13-5-2-4-12(23)17(13)24/h2,4-5,10,27H,3,6-9,25-26H2,1H3,(H,28,32)(H,29,33). The zero-order valence-corrected chi connectivity index (χ0v) is 18.7. The van der Waals surface area contributed by atoms with Crippen molar-refractivity contribution in [1.29, 1.82) is 0 Å². The number of amides is 2. The van der Waals surface area contributed by atoms with Crippen LogP contribution in [0.1, 0.15) is 51.4 Å². The maximum Gasteiger partial charge on any atom is 0.293 e. The number of carbonyl (C=O) groups is 3. The van der Waals surface area contributed by atoms with E-state index in [9.17, 15) is 18.8 Å². The summed E-state index contributed by atoms with van der Waals surface area (Å²) >= 11 is 5.80. The van der Waals surface area contributed by atoms with Crippen molar-refractivity contribution >= 4 is 34.9 Å². The summed E-state index contributed by atoms with van der Waals surface area (Å²) in [4.78, 5) is 39.1. The van der Waals surface area contributed by atoms with Crippen LogP contribution in [0.4, 0.5) is 10.1 Å². The SMILES string of the molecule is Cc1c(C(=O)C(=O)NC2(C(N)=CNN)CC2)c2n(c1C(=O)Nc1cccc(Cl)c1F)CCC2. The average Bonchev–Trinajstić information content (AvgIpc) is 3.31. The summed E-state index contributed by atoms with van der Waals surface area (Å²) in [6.45, 7) is 2.11. The van der Waals surface area contributed by atoms with Gasteiger partial charge in [0.15, 0.2) is 5.82 Å². The molecule has 2 aromatic rings. The second-order valence-electron chi connectivity index (χ2n) is 8.24. The molecule has 11 heteroatoms. The normalized spacial score (nSPS) is 16.2. The van der Waals surface area contributed by atoms with Crippen molar-refractivity contribution in [3.05, 3.63) is 63.5 Å². The molecule has 2 aliphatic rings. The van der Waals surface area contributed by atoms with Crippen molar-refractivity contribution in [3.63, 3.8) is 0 Å². The Morgan fingerprint density at radius 2 is 2.00 bits per heavy atom. The number of benzene rings is 1. The molecule has 1 fully saturated rings. The van der Waals surface area contributed by atoms with E-state index in [1.807, 2.05) is 0 Å². The number of Topliss-reactive ketones (excluding diaryl/α,β-unsaturated/α-hetero) is 1. The van der Waals surface area contributed by atoms with Gasteiger partial charge >= 0.3 is 0 Å². The fourth-order valence-corrected chi connectivity index (χ4v) is 4.50. The molecule has 0 saturated heterocycles. The van der Waals surface area contributed by atoms with Crippen LogP contribution in [-0.2, 0) is 17.8 Å². The number of hydrazine groups is 1. The number of fused-ring (bicyclic) bond motifs is 1. The highest BCUT2D eigenvalue weighted by Crippen LogP contribution is 2.40. The van der Waals surface area contributed by atoms with Crippen LogP contribution in [0.15, 0.2) is 30.1 Å². The second-order valence-corrected chi connectivity index (χ2v) is 8.64. The molecule has 0 unspecified atom stereocenters. The van der Waals surface area contributed by atoms with Crippen molar-refractivity contribution < 1.29 is 18.8 Å². The van der Waals surface area contributed by atoms with Gasteiger partial charge in [-0.3, -0.25) is 20.2 Å². The molecule has 2 heterocycles. The summed E-state index contributed by atoms with van der Waals surface area (Å²) in [5.41, 5.74) is 9.13. The molecule has 1 aliphatic carbocycles. The Bertz CT molecular complexity index is 1200. The molecule has 7 N–H and O–H groups in total. The lowest BCUT2D eigenvalue weighted by Crippen LogP contribution is -2.45. The topological polar surface area (TPSA) is 144 Å². The molecule has 33 heavy (non-hydrogen) atoms. The molecule has 0 bridgehead atoms. The van der Waals surface area contributed by atoms with Crippen LogP contribution in [0.3, 0.4) is 0 Å². The summed E-state index contributed by atoms with van der Waals surface area (Å²) in [6, 6.07) is 4.29. The first kappa shape index (κ1) is 22.8. The minimum absolute atomic E-state index is 0.0717. The number of hydrogen-bond donors (Lipinski definition) is 5. The van der Waals surface area contributed by atoms with Crippen LogP contribution in [0.25, 0.3) is 0 Å². The van der Waals surface area contributed by atoms with Gasteiger partial charge in [-0.25, -0.2) is 4.39 Å². The largest absolute Gasteiger partial charge is 0.399 e. The first-order valence-electron chi connectivity index (χ1n) is 10.5. The Balaban J connectivity index is 1.63. The number of rotatable bonds is 7. The second kappa shape index (κ2) is 8.53. The van der Waals surface area contributed by atoms with E-state index in [-0.39, 0.29) is 22.0 Å². The molecule has 1 aromatic heterocycles. The zero-order valence-electron chi connectivity index (χ0n) is 17.9. The quantitative estimate of drug-likeness (QED) is 0.179. The first-order valence-corrected chi connectivity index (χ1v) is 10.8. The highest BCUT2D eigenvalue weighted by atomic mass is 35.5. The van der Waals surface area contributed by atoms with Gasteiger partial charge < -0.3 is 26.4 Å². The van der Waals surface area contributed by atoms with E-state index in [2.05, 4.69) is 16.1 Å². The van der Waals surface area contributed by atoms with E-state index >= 15 is 0 Å².